The molecule has 19 heavy (non-hydrogen) atoms. The van der Waals surface area contributed by atoms with Gasteiger partial charge >= 0.3 is 0 Å². The lowest BCUT2D eigenvalue weighted by Crippen LogP contribution is -2.29. The highest BCUT2D eigenvalue weighted by Gasteiger charge is 2.23. The van der Waals surface area contributed by atoms with Gasteiger partial charge in [0.15, 0.2) is 0 Å². The highest BCUT2D eigenvalue weighted by molar-refractivity contribution is 5.12. The minimum atomic E-state index is 0.269. The summed E-state index contributed by atoms with van der Waals surface area (Å²) >= 11 is 0. The van der Waals surface area contributed by atoms with Crippen molar-refractivity contribution in [3.8, 4) is 0 Å². The summed E-state index contributed by atoms with van der Waals surface area (Å²) < 4.78 is 5.95. The van der Waals surface area contributed by atoms with Gasteiger partial charge in [-0.3, -0.25) is 0 Å². The summed E-state index contributed by atoms with van der Waals surface area (Å²) in [6.45, 7) is 2.63. The number of hydrogen-bond donors (Lipinski definition) is 0. The molecule has 106 valence electrons. The molecule has 2 aliphatic rings. The lowest BCUT2D eigenvalue weighted by atomic mass is 9.86. The summed E-state index contributed by atoms with van der Waals surface area (Å²) in [4.78, 5) is 14.1. The third-order valence-electron chi connectivity index (χ3n) is 4.08. The molecule has 2 rings (SSSR count). The quantitative estimate of drug-likeness (QED) is 0.716. The van der Waals surface area contributed by atoms with E-state index in [1.165, 1.54) is 38.3 Å². The van der Waals surface area contributed by atoms with Crippen molar-refractivity contribution in [2.24, 2.45) is 11.1 Å². The molecule has 5 nitrogen and oxygen atoms in total. The molecule has 0 saturated heterocycles. The maximum Gasteiger partial charge on any atom is 0.136 e. The third-order valence-corrected chi connectivity index (χ3v) is 4.08. The fourth-order valence-corrected chi connectivity index (χ4v) is 2.79. The summed E-state index contributed by atoms with van der Waals surface area (Å²) in [5.41, 5.74) is 0. The van der Waals surface area contributed by atoms with Crippen LogP contribution in [0.1, 0.15) is 39.0 Å². The molecule has 1 aliphatic carbocycles. The van der Waals surface area contributed by atoms with E-state index in [0.29, 0.717) is 12.6 Å². The van der Waals surface area contributed by atoms with Crippen LogP contribution in [0.25, 0.3) is 0 Å². The number of rotatable bonds is 5. The Morgan fingerprint density at radius 2 is 2.16 bits per heavy atom. The monoisotopic (exact) mass is 265 g/mol. The van der Waals surface area contributed by atoms with Gasteiger partial charge in [0.1, 0.15) is 18.8 Å². The van der Waals surface area contributed by atoms with E-state index in [9.17, 15) is 4.91 Å². The van der Waals surface area contributed by atoms with E-state index in [1.54, 1.807) is 0 Å². The molecule has 0 aromatic rings. The molecule has 1 atom stereocenters. The van der Waals surface area contributed by atoms with Crippen LogP contribution >= 0.6 is 0 Å². The average molecular weight is 265 g/mol. The molecule has 1 aliphatic heterocycles. The predicted octanol–water partition coefficient (Wildman–Crippen LogP) is 3.21. The summed E-state index contributed by atoms with van der Waals surface area (Å²) in [6, 6.07) is 0. The zero-order valence-electron chi connectivity index (χ0n) is 11.8. The molecule has 0 aromatic heterocycles. The zero-order valence-corrected chi connectivity index (χ0v) is 11.8. The van der Waals surface area contributed by atoms with Gasteiger partial charge in [-0.05, 0) is 30.9 Å². The molecule has 0 spiro atoms. The molecular weight excluding hydrogens is 242 g/mol. The largest absolute Gasteiger partial charge is 0.357 e. The maximum absolute atomic E-state index is 10.4. The first kappa shape index (κ1) is 14.1. The lowest BCUT2D eigenvalue weighted by Gasteiger charge is -2.29. The van der Waals surface area contributed by atoms with Gasteiger partial charge < -0.3 is 14.5 Å². The predicted molar refractivity (Wildman–Crippen MR) is 74.6 cm³/mol. The standard InChI is InChI=1S/C14H23N3O2/c1-12(13-6-4-3-5-7-13)19-11-17-9-8-16(2)14(17)10-15-18/h8-10,12-13H,3-7,11H2,1-2H3/b14-10-. The van der Waals surface area contributed by atoms with E-state index < -0.39 is 0 Å². The van der Waals surface area contributed by atoms with E-state index in [0.717, 1.165) is 5.82 Å². The first-order valence-electron chi connectivity index (χ1n) is 7.04. The fourth-order valence-electron chi connectivity index (χ4n) is 2.79. The van der Waals surface area contributed by atoms with Crippen molar-refractivity contribution >= 4 is 0 Å². The number of nitroso groups, excluding NO2 is 1. The van der Waals surface area contributed by atoms with Crippen LogP contribution in [0, 0.1) is 10.8 Å². The van der Waals surface area contributed by atoms with Crippen LogP contribution in [0.15, 0.2) is 29.6 Å². The maximum atomic E-state index is 10.4. The van der Waals surface area contributed by atoms with E-state index >= 15 is 0 Å². The van der Waals surface area contributed by atoms with Gasteiger partial charge in [-0.15, -0.1) is 4.91 Å². The number of nitrogens with zero attached hydrogens (tertiary/aromatic N) is 3. The Hall–Kier alpha value is -1.36. The molecule has 0 amide bonds. The van der Waals surface area contributed by atoms with Gasteiger partial charge in [-0.1, -0.05) is 19.3 Å². The molecule has 1 fully saturated rings. The second kappa shape index (κ2) is 6.70. The summed E-state index contributed by atoms with van der Waals surface area (Å²) in [7, 11) is 1.89. The van der Waals surface area contributed by atoms with Crippen LogP contribution in [0.5, 0.6) is 0 Å². The average Bonchev–Trinajstić information content (AvgIpc) is 2.79. The van der Waals surface area contributed by atoms with Gasteiger partial charge in [0.2, 0.25) is 0 Å². The van der Waals surface area contributed by atoms with Gasteiger partial charge in [-0.2, -0.15) is 0 Å². The molecule has 1 heterocycles. The highest BCUT2D eigenvalue weighted by Crippen LogP contribution is 2.28. The Labute approximate surface area is 114 Å². The molecule has 5 heteroatoms. The summed E-state index contributed by atoms with van der Waals surface area (Å²) in [6.07, 6.45) is 11.9. The van der Waals surface area contributed by atoms with Gasteiger partial charge in [-0.25, -0.2) is 0 Å². The van der Waals surface area contributed by atoms with Crippen molar-refractivity contribution in [1.29, 1.82) is 0 Å². The zero-order chi connectivity index (χ0) is 13.7. The van der Waals surface area contributed by atoms with Crippen molar-refractivity contribution in [2.45, 2.75) is 45.1 Å². The van der Waals surface area contributed by atoms with Crippen molar-refractivity contribution in [1.82, 2.24) is 9.80 Å². The molecule has 0 bridgehead atoms. The van der Waals surface area contributed by atoms with Gasteiger partial charge in [0, 0.05) is 19.4 Å². The molecule has 0 aromatic carbocycles. The Balaban J connectivity index is 1.82. The van der Waals surface area contributed by atoms with E-state index in [1.807, 2.05) is 29.2 Å². The van der Waals surface area contributed by atoms with E-state index in [-0.39, 0.29) is 6.10 Å². The number of hydrogen-bond acceptors (Lipinski definition) is 5. The van der Waals surface area contributed by atoms with Crippen LogP contribution in [0.2, 0.25) is 0 Å². The van der Waals surface area contributed by atoms with Crippen molar-refractivity contribution in [3.63, 3.8) is 0 Å². The lowest BCUT2D eigenvalue weighted by molar-refractivity contribution is -0.0255. The topological polar surface area (TPSA) is 45.1 Å². The van der Waals surface area contributed by atoms with Crippen molar-refractivity contribution in [3.05, 3.63) is 29.3 Å². The Kier molecular flexibility index (Phi) is 4.96. The minimum absolute atomic E-state index is 0.269. The minimum Gasteiger partial charge on any atom is -0.357 e. The third kappa shape index (κ3) is 3.56. The normalized spacial score (nSPS) is 24.2. The van der Waals surface area contributed by atoms with Crippen LogP contribution in [0.3, 0.4) is 0 Å². The first-order chi connectivity index (χ1) is 9.22. The molecule has 1 unspecified atom stereocenters. The van der Waals surface area contributed by atoms with E-state index in [4.69, 9.17) is 4.74 Å². The molecule has 1 saturated carbocycles. The highest BCUT2D eigenvalue weighted by atomic mass is 16.5. The smallest absolute Gasteiger partial charge is 0.136 e. The summed E-state index contributed by atoms with van der Waals surface area (Å²) in [5, 5.41) is 2.84. The Morgan fingerprint density at radius 3 is 2.84 bits per heavy atom. The van der Waals surface area contributed by atoms with Gasteiger partial charge in [0.05, 0.1) is 6.10 Å². The Morgan fingerprint density at radius 1 is 1.42 bits per heavy atom. The van der Waals surface area contributed by atoms with E-state index in [2.05, 4.69) is 12.1 Å². The second-order valence-corrected chi connectivity index (χ2v) is 5.37. The van der Waals surface area contributed by atoms with Crippen molar-refractivity contribution in [2.75, 3.05) is 13.8 Å². The SMILES string of the molecule is CC(OCN1C=CN(C)/C1=C/N=O)C1CCCCC1. The van der Waals surface area contributed by atoms with Gasteiger partial charge in [0.25, 0.3) is 0 Å². The fraction of sp³-hybridized carbons (Fsp3) is 0.714. The summed E-state index contributed by atoms with van der Waals surface area (Å²) in [5.74, 6) is 1.43. The second-order valence-electron chi connectivity index (χ2n) is 5.37. The van der Waals surface area contributed by atoms with Crippen molar-refractivity contribution < 1.29 is 4.74 Å². The van der Waals surface area contributed by atoms with Crippen LogP contribution in [-0.2, 0) is 4.74 Å². The first-order valence-corrected chi connectivity index (χ1v) is 7.04. The molecule has 0 radical (unpaired) electrons. The van der Waals surface area contributed by atoms with Crippen LogP contribution in [-0.4, -0.2) is 29.7 Å². The number of ether oxygens (including phenoxy) is 1. The Bertz CT molecular complexity index is 362. The van der Waals surface area contributed by atoms with Crippen LogP contribution in [0.4, 0.5) is 0 Å². The molecule has 0 N–H and O–H groups in total. The molecular formula is C14H23N3O2. The van der Waals surface area contributed by atoms with Crippen LogP contribution < -0.4 is 0 Å².